The number of nitrogens with two attached hydrogens (primary N) is 1. The fraction of sp³-hybridized carbons (Fsp3) is 0.815. The average molecular weight is 618 g/mol. The van der Waals surface area contributed by atoms with Gasteiger partial charge in [-0.25, -0.2) is 4.68 Å². The average Bonchev–Trinajstić information content (AvgIpc) is 3.55. The molecule has 1 saturated heterocycles. The van der Waals surface area contributed by atoms with Crippen molar-refractivity contribution in [3.63, 3.8) is 0 Å². The molecule has 0 bridgehead atoms. The van der Waals surface area contributed by atoms with Crippen LogP contribution >= 0.6 is 11.8 Å². The lowest BCUT2D eigenvalue weighted by molar-refractivity contribution is -0.157. The maximum Gasteiger partial charge on any atom is 0.306 e. The number of nitrogens with zero attached hydrogens (tertiary/aromatic N) is 3. The van der Waals surface area contributed by atoms with E-state index in [0.717, 1.165) is 56.0 Å². The number of nitrogens with one attached hydrogen (secondary N) is 1. The van der Waals surface area contributed by atoms with Gasteiger partial charge in [0.25, 0.3) is 0 Å². The van der Waals surface area contributed by atoms with Gasteiger partial charge in [0.1, 0.15) is 31.0 Å². The van der Waals surface area contributed by atoms with Gasteiger partial charge in [-0.15, -0.1) is 5.10 Å². The number of rotatable bonds is 21. The predicted octanol–water partition coefficient (Wildman–Crippen LogP) is 1.28. The summed E-state index contributed by atoms with van der Waals surface area (Å²) in [6.07, 6.45) is 4.14. The molecule has 1 amide bonds. The molecule has 2 heterocycles. The van der Waals surface area contributed by atoms with Crippen LogP contribution in [0.2, 0.25) is 0 Å². The van der Waals surface area contributed by atoms with E-state index in [1.54, 1.807) is 0 Å². The molecule has 1 aromatic heterocycles. The topological polar surface area (TPSA) is 208 Å². The first-order valence-electron chi connectivity index (χ1n) is 14.7. The number of anilines is 1. The van der Waals surface area contributed by atoms with Gasteiger partial charge in [0.05, 0.1) is 18.8 Å². The molecular formula is C27H47N5O9S. The number of aliphatic hydroxyl groups is 3. The van der Waals surface area contributed by atoms with Crippen LogP contribution in [0.3, 0.4) is 0 Å². The maximum absolute atomic E-state index is 12.6. The van der Waals surface area contributed by atoms with Gasteiger partial charge in [0.15, 0.2) is 12.0 Å². The number of thioether (sulfide) groups is 1. The fourth-order valence-corrected chi connectivity index (χ4v) is 5.16. The molecule has 1 aromatic rings. The van der Waals surface area contributed by atoms with Gasteiger partial charge in [0.2, 0.25) is 5.91 Å². The van der Waals surface area contributed by atoms with Crippen LogP contribution in [0, 0.1) is 0 Å². The Morgan fingerprint density at radius 2 is 1.71 bits per heavy atom. The van der Waals surface area contributed by atoms with Crippen molar-refractivity contribution >= 4 is 35.4 Å². The van der Waals surface area contributed by atoms with Gasteiger partial charge in [-0.2, -0.15) is 11.8 Å². The van der Waals surface area contributed by atoms with E-state index in [1.165, 1.54) is 18.0 Å². The van der Waals surface area contributed by atoms with Crippen LogP contribution < -0.4 is 11.1 Å². The summed E-state index contributed by atoms with van der Waals surface area (Å²) in [5.41, 5.74) is 6.05. The minimum atomic E-state index is -1.34. The van der Waals surface area contributed by atoms with Crippen molar-refractivity contribution in [1.29, 1.82) is 0 Å². The zero-order valence-corrected chi connectivity index (χ0v) is 25.4. The van der Waals surface area contributed by atoms with Crippen LogP contribution in [0.1, 0.15) is 84.3 Å². The lowest BCUT2D eigenvalue weighted by atomic mass is 10.1. The van der Waals surface area contributed by atoms with Crippen LogP contribution in [0.15, 0.2) is 6.20 Å². The van der Waals surface area contributed by atoms with Crippen molar-refractivity contribution < 1.29 is 43.9 Å². The normalized spacial score (nSPS) is 21.6. The van der Waals surface area contributed by atoms with Gasteiger partial charge >= 0.3 is 11.9 Å². The van der Waals surface area contributed by atoms with Crippen LogP contribution in [0.5, 0.6) is 0 Å². The minimum absolute atomic E-state index is 0.0546. The zero-order valence-electron chi connectivity index (χ0n) is 24.6. The molecule has 240 valence electrons. The Morgan fingerprint density at radius 3 is 2.33 bits per heavy atom. The predicted molar refractivity (Wildman–Crippen MR) is 155 cm³/mol. The molecule has 6 atom stereocenters. The Balaban J connectivity index is 1.82. The Kier molecular flexibility index (Phi) is 16.9. The molecule has 1 fully saturated rings. The van der Waals surface area contributed by atoms with E-state index in [0.29, 0.717) is 6.42 Å². The third kappa shape index (κ3) is 12.5. The van der Waals surface area contributed by atoms with E-state index in [4.69, 9.17) is 19.9 Å². The molecule has 14 nitrogen and oxygen atoms in total. The second-order valence-electron chi connectivity index (χ2n) is 10.4. The lowest BCUT2D eigenvalue weighted by Gasteiger charge is -2.19. The number of carbonyl (C=O) groups is 3. The standard InChI is InChI=1S/C27H47N5O9S/c1-3-5-7-9-11-22(34)39-15-18(40-23(35)12-10-8-6-4-2)16-42-17-19(28)26(38)29-21-13-32(31-30-21)27-25(37)24(36)20(14-33)41-27/h13,18-20,24-25,27,33,36-37H,3-12,14-17,28H2,1-2H3,(H,29,38)/t18-,19-,20?,24-,25+,27+/m1/s1. The number of unbranched alkanes of at least 4 members (excludes halogenated alkanes) is 6. The molecule has 1 unspecified atom stereocenters. The molecule has 1 aliphatic heterocycles. The third-order valence-corrected chi connectivity index (χ3v) is 7.88. The number of aromatic nitrogens is 3. The van der Waals surface area contributed by atoms with Crippen LogP contribution in [-0.4, -0.2) is 103 Å². The van der Waals surface area contributed by atoms with E-state index in [2.05, 4.69) is 29.5 Å². The molecule has 0 saturated carbocycles. The van der Waals surface area contributed by atoms with Crippen molar-refractivity contribution in [2.45, 2.75) is 115 Å². The van der Waals surface area contributed by atoms with E-state index in [9.17, 15) is 29.7 Å². The Labute approximate surface area is 251 Å². The first kappa shape index (κ1) is 35.9. The summed E-state index contributed by atoms with van der Waals surface area (Å²) in [7, 11) is 0. The lowest BCUT2D eigenvalue weighted by Crippen LogP contribution is -2.38. The smallest absolute Gasteiger partial charge is 0.306 e. The van der Waals surface area contributed by atoms with E-state index < -0.39 is 49.2 Å². The number of ether oxygens (including phenoxy) is 3. The molecule has 2 rings (SSSR count). The molecule has 0 spiro atoms. The molecule has 0 aliphatic carbocycles. The van der Waals surface area contributed by atoms with Gasteiger partial charge in [0, 0.05) is 24.3 Å². The number of carbonyl (C=O) groups excluding carboxylic acids is 3. The number of aliphatic hydroxyl groups excluding tert-OH is 3. The van der Waals surface area contributed by atoms with Gasteiger partial charge < -0.3 is 40.6 Å². The maximum atomic E-state index is 12.6. The SMILES string of the molecule is CCCCCCC(=O)OC[C@H](CSC[C@@H](N)C(=O)Nc1cn([C@H]2OC(CO)[C@@H](O)[C@@H]2O)nn1)OC(=O)CCCCCC. The van der Waals surface area contributed by atoms with Crippen molar-refractivity contribution in [1.82, 2.24) is 15.0 Å². The van der Waals surface area contributed by atoms with Crippen LogP contribution in [-0.2, 0) is 28.6 Å². The summed E-state index contributed by atoms with van der Waals surface area (Å²) in [5, 5.41) is 39.5. The summed E-state index contributed by atoms with van der Waals surface area (Å²) in [6.45, 7) is 3.63. The van der Waals surface area contributed by atoms with Gasteiger partial charge in [-0.1, -0.05) is 57.6 Å². The summed E-state index contributed by atoms with van der Waals surface area (Å²) < 4.78 is 17.5. The second kappa shape index (κ2) is 19.8. The number of hydrogen-bond donors (Lipinski definition) is 5. The molecule has 0 radical (unpaired) electrons. The van der Waals surface area contributed by atoms with Crippen molar-refractivity contribution in [2.24, 2.45) is 5.73 Å². The monoisotopic (exact) mass is 617 g/mol. The fourth-order valence-electron chi connectivity index (χ4n) is 4.19. The Morgan fingerprint density at radius 1 is 1.05 bits per heavy atom. The van der Waals surface area contributed by atoms with Crippen LogP contribution in [0.4, 0.5) is 5.82 Å². The highest BCUT2D eigenvalue weighted by Crippen LogP contribution is 2.29. The zero-order chi connectivity index (χ0) is 30.9. The highest BCUT2D eigenvalue weighted by atomic mass is 32.2. The van der Waals surface area contributed by atoms with Crippen LogP contribution in [0.25, 0.3) is 0 Å². The summed E-state index contributed by atoms with van der Waals surface area (Å²) >= 11 is 1.29. The molecule has 42 heavy (non-hydrogen) atoms. The quantitative estimate of drug-likeness (QED) is 0.0974. The first-order chi connectivity index (χ1) is 20.2. The number of hydrogen-bond acceptors (Lipinski definition) is 13. The minimum Gasteiger partial charge on any atom is -0.462 e. The highest BCUT2D eigenvalue weighted by Gasteiger charge is 2.44. The molecule has 15 heteroatoms. The Bertz CT molecular complexity index is 953. The van der Waals surface area contributed by atoms with Gasteiger partial charge in [-0.05, 0) is 12.8 Å². The summed E-state index contributed by atoms with van der Waals surface area (Å²) in [5.74, 6) is -0.704. The first-order valence-corrected chi connectivity index (χ1v) is 15.9. The molecule has 6 N–H and O–H groups in total. The summed E-state index contributed by atoms with van der Waals surface area (Å²) in [4.78, 5) is 37.1. The second-order valence-corrected chi connectivity index (χ2v) is 11.4. The molecule has 1 aliphatic rings. The largest absolute Gasteiger partial charge is 0.462 e. The highest BCUT2D eigenvalue weighted by molar-refractivity contribution is 7.99. The number of esters is 2. The van der Waals surface area contributed by atoms with E-state index in [1.807, 2.05) is 0 Å². The third-order valence-electron chi connectivity index (χ3n) is 6.67. The van der Waals surface area contributed by atoms with Gasteiger partial charge in [-0.3, -0.25) is 14.4 Å². The molecule has 0 aromatic carbocycles. The molecular weight excluding hydrogens is 570 g/mol. The van der Waals surface area contributed by atoms with E-state index >= 15 is 0 Å². The summed E-state index contributed by atoms with van der Waals surface area (Å²) in [6, 6.07) is -0.944. The van der Waals surface area contributed by atoms with Crippen molar-refractivity contribution in [2.75, 3.05) is 30.0 Å². The van der Waals surface area contributed by atoms with Crippen molar-refractivity contribution in [3.05, 3.63) is 6.20 Å². The van der Waals surface area contributed by atoms with Crippen molar-refractivity contribution in [3.8, 4) is 0 Å². The Hall–Kier alpha value is -2.30. The number of amides is 1. The van der Waals surface area contributed by atoms with E-state index in [-0.39, 0.29) is 42.3 Å².